The van der Waals surface area contributed by atoms with Crippen molar-refractivity contribution in [1.29, 1.82) is 0 Å². The van der Waals surface area contributed by atoms with Gasteiger partial charge in [-0.3, -0.25) is 9.59 Å². The van der Waals surface area contributed by atoms with E-state index in [1.54, 1.807) is 0 Å². The monoisotopic (exact) mass is 229 g/mol. The Bertz CT molecular complexity index is 226. The maximum Gasteiger partial charge on any atom is 0.309 e. The zero-order valence-electron chi connectivity index (χ0n) is 10.7. The molecule has 1 N–H and O–H groups in total. The third-order valence-corrected chi connectivity index (χ3v) is 2.29. The summed E-state index contributed by atoms with van der Waals surface area (Å²) in [6.45, 7) is 6.71. The number of ether oxygens (including phenoxy) is 1. The molecular weight excluding hydrogens is 206 g/mol. The molecule has 94 valence electrons. The Morgan fingerprint density at radius 1 is 1.31 bits per heavy atom. The lowest BCUT2D eigenvalue weighted by Crippen LogP contribution is -2.30. The predicted molar refractivity (Wildman–Crippen MR) is 62.9 cm³/mol. The van der Waals surface area contributed by atoms with E-state index in [0.717, 1.165) is 6.42 Å². The molecular formula is C12H23NO3. The van der Waals surface area contributed by atoms with Crippen LogP contribution in [0.3, 0.4) is 0 Å². The molecule has 0 aliphatic carbocycles. The van der Waals surface area contributed by atoms with Gasteiger partial charge in [-0.15, -0.1) is 0 Å². The van der Waals surface area contributed by atoms with E-state index >= 15 is 0 Å². The molecule has 0 heterocycles. The normalized spacial score (nSPS) is 12.3. The zero-order valence-corrected chi connectivity index (χ0v) is 10.7. The fourth-order valence-corrected chi connectivity index (χ4v) is 1.56. The predicted octanol–water partition coefficient (Wildman–Crippen LogP) is 1.74. The first kappa shape index (κ1) is 14.9. The van der Waals surface area contributed by atoms with Gasteiger partial charge in [-0.05, 0) is 18.8 Å². The lowest BCUT2D eigenvalue weighted by Gasteiger charge is -2.16. The van der Waals surface area contributed by atoms with Gasteiger partial charge in [0, 0.05) is 13.0 Å². The van der Waals surface area contributed by atoms with Crippen molar-refractivity contribution in [3.63, 3.8) is 0 Å². The second kappa shape index (κ2) is 8.13. The minimum absolute atomic E-state index is 0.0714. The van der Waals surface area contributed by atoms with Crippen molar-refractivity contribution in [3.05, 3.63) is 0 Å². The number of carbonyl (C=O) groups is 2. The number of esters is 1. The quantitative estimate of drug-likeness (QED) is 0.676. The second-order valence-corrected chi connectivity index (χ2v) is 4.40. The van der Waals surface area contributed by atoms with E-state index in [4.69, 9.17) is 4.74 Å². The van der Waals surface area contributed by atoms with E-state index in [9.17, 15) is 9.59 Å². The third kappa shape index (κ3) is 6.43. The van der Waals surface area contributed by atoms with Crippen LogP contribution in [0, 0.1) is 11.8 Å². The van der Waals surface area contributed by atoms with Crippen LogP contribution in [0.2, 0.25) is 0 Å². The van der Waals surface area contributed by atoms with Crippen molar-refractivity contribution in [1.82, 2.24) is 5.32 Å². The van der Waals surface area contributed by atoms with Gasteiger partial charge in [-0.1, -0.05) is 20.8 Å². The first-order valence-corrected chi connectivity index (χ1v) is 5.85. The summed E-state index contributed by atoms with van der Waals surface area (Å²) in [5.41, 5.74) is 0. The van der Waals surface area contributed by atoms with Gasteiger partial charge in [0.25, 0.3) is 0 Å². The first-order chi connectivity index (χ1) is 7.51. The largest absolute Gasteiger partial charge is 0.469 e. The summed E-state index contributed by atoms with van der Waals surface area (Å²) in [5.74, 6) is -0.303. The smallest absolute Gasteiger partial charge is 0.309 e. The Morgan fingerprint density at radius 2 is 1.94 bits per heavy atom. The summed E-state index contributed by atoms with van der Waals surface area (Å²) in [5, 5.41) is 2.77. The van der Waals surface area contributed by atoms with Crippen molar-refractivity contribution in [2.75, 3.05) is 13.7 Å². The number of rotatable bonds is 7. The molecule has 0 saturated carbocycles. The fourth-order valence-electron chi connectivity index (χ4n) is 1.56. The number of carbonyl (C=O) groups excluding carboxylic acids is 2. The number of nitrogens with one attached hydrogen (secondary N) is 1. The Kier molecular flexibility index (Phi) is 7.60. The lowest BCUT2D eigenvalue weighted by atomic mass is 9.94. The van der Waals surface area contributed by atoms with Crippen molar-refractivity contribution < 1.29 is 14.3 Å². The molecule has 4 heteroatoms. The third-order valence-electron chi connectivity index (χ3n) is 2.29. The van der Waals surface area contributed by atoms with Crippen LogP contribution in [0.5, 0.6) is 0 Å². The fraction of sp³-hybridized carbons (Fsp3) is 0.833. The van der Waals surface area contributed by atoms with E-state index in [2.05, 4.69) is 5.32 Å². The first-order valence-electron chi connectivity index (χ1n) is 5.85. The van der Waals surface area contributed by atoms with Crippen LogP contribution in [0.4, 0.5) is 0 Å². The molecule has 0 aliphatic heterocycles. The highest BCUT2D eigenvalue weighted by molar-refractivity contribution is 5.82. The minimum atomic E-state index is -0.318. The molecule has 0 aromatic rings. The van der Waals surface area contributed by atoms with Gasteiger partial charge in [0.1, 0.15) is 0 Å². The summed E-state index contributed by atoms with van der Waals surface area (Å²) in [4.78, 5) is 22.9. The highest BCUT2D eigenvalue weighted by atomic mass is 16.5. The van der Waals surface area contributed by atoms with Gasteiger partial charge in [-0.25, -0.2) is 0 Å². The average molecular weight is 229 g/mol. The minimum Gasteiger partial charge on any atom is -0.469 e. The second-order valence-electron chi connectivity index (χ2n) is 4.40. The molecule has 0 rings (SSSR count). The van der Waals surface area contributed by atoms with Crippen molar-refractivity contribution >= 4 is 11.9 Å². The van der Waals surface area contributed by atoms with E-state index in [0.29, 0.717) is 18.9 Å². The van der Waals surface area contributed by atoms with Gasteiger partial charge in [0.2, 0.25) is 5.91 Å². The zero-order chi connectivity index (χ0) is 12.6. The topological polar surface area (TPSA) is 55.4 Å². The van der Waals surface area contributed by atoms with Crippen molar-refractivity contribution in [3.8, 4) is 0 Å². The molecule has 0 aromatic heterocycles. The Labute approximate surface area is 97.7 Å². The van der Waals surface area contributed by atoms with Gasteiger partial charge in [-0.2, -0.15) is 0 Å². The van der Waals surface area contributed by atoms with Crippen LogP contribution < -0.4 is 5.32 Å². The summed E-state index contributed by atoms with van der Waals surface area (Å²) < 4.78 is 4.70. The highest BCUT2D eigenvalue weighted by Crippen LogP contribution is 2.16. The molecule has 0 radical (unpaired) electrons. The van der Waals surface area contributed by atoms with E-state index in [1.165, 1.54) is 7.11 Å². The number of hydrogen-bond acceptors (Lipinski definition) is 3. The SMILES string of the molecule is CCCNC(=O)CC(CC(C)C)C(=O)OC. The Balaban J connectivity index is 4.19. The van der Waals surface area contributed by atoms with E-state index in [1.807, 2.05) is 20.8 Å². The number of methoxy groups -OCH3 is 1. The van der Waals surface area contributed by atoms with Crippen LogP contribution in [-0.2, 0) is 14.3 Å². The summed E-state index contributed by atoms with van der Waals surface area (Å²) in [6, 6.07) is 0. The molecule has 0 fully saturated rings. The van der Waals surface area contributed by atoms with E-state index in [-0.39, 0.29) is 24.2 Å². The maximum atomic E-state index is 11.5. The molecule has 1 atom stereocenters. The molecule has 0 aromatic carbocycles. The van der Waals surface area contributed by atoms with Crippen LogP contribution >= 0.6 is 0 Å². The molecule has 0 saturated heterocycles. The Morgan fingerprint density at radius 3 is 2.38 bits per heavy atom. The molecule has 0 aliphatic rings. The molecule has 0 bridgehead atoms. The standard InChI is InChI=1S/C12H23NO3/c1-5-6-13-11(14)8-10(7-9(2)3)12(15)16-4/h9-10H,5-8H2,1-4H3,(H,13,14). The van der Waals surface area contributed by atoms with Gasteiger partial charge in [0.05, 0.1) is 13.0 Å². The van der Waals surface area contributed by atoms with Crippen LogP contribution in [-0.4, -0.2) is 25.5 Å². The molecule has 1 amide bonds. The maximum absolute atomic E-state index is 11.5. The van der Waals surface area contributed by atoms with Crippen LogP contribution in [0.1, 0.15) is 40.0 Å². The number of amides is 1. The lowest BCUT2D eigenvalue weighted by molar-refractivity contribution is -0.148. The van der Waals surface area contributed by atoms with Crippen molar-refractivity contribution in [2.45, 2.75) is 40.0 Å². The highest BCUT2D eigenvalue weighted by Gasteiger charge is 2.23. The summed E-state index contributed by atoms with van der Waals surface area (Å²) >= 11 is 0. The van der Waals surface area contributed by atoms with Crippen LogP contribution in [0.15, 0.2) is 0 Å². The van der Waals surface area contributed by atoms with E-state index < -0.39 is 0 Å². The Hall–Kier alpha value is -1.06. The molecule has 16 heavy (non-hydrogen) atoms. The number of hydrogen-bond donors (Lipinski definition) is 1. The molecule has 4 nitrogen and oxygen atoms in total. The molecule has 0 spiro atoms. The molecule has 1 unspecified atom stereocenters. The van der Waals surface area contributed by atoms with Gasteiger partial charge < -0.3 is 10.1 Å². The van der Waals surface area contributed by atoms with Crippen molar-refractivity contribution in [2.24, 2.45) is 11.8 Å². The van der Waals surface area contributed by atoms with Gasteiger partial charge in [0.15, 0.2) is 0 Å². The summed E-state index contributed by atoms with van der Waals surface area (Å²) in [6.07, 6.45) is 1.82. The average Bonchev–Trinajstić information content (AvgIpc) is 2.23. The van der Waals surface area contributed by atoms with Gasteiger partial charge >= 0.3 is 5.97 Å². The summed E-state index contributed by atoms with van der Waals surface area (Å²) in [7, 11) is 1.36. The van der Waals surface area contributed by atoms with Crippen LogP contribution in [0.25, 0.3) is 0 Å².